The van der Waals surface area contributed by atoms with Crippen molar-refractivity contribution in [3.63, 3.8) is 0 Å². The highest BCUT2D eigenvalue weighted by atomic mass is 19.1. The first kappa shape index (κ1) is 11.0. The van der Waals surface area contributed by atoms with Crippen molar-refractivity contribution in [1.82, 2.24) is 5.32 Å². The minimum atomic E-state index is -0.461. The van der Waals surface area contributed by atoms with E-state index >= 15 is 0 Å². The minimum absolute atomic E-state index is 0.0466. The van der Waals surface area contributed by atoms with Gasteiger partial charge >= 0.3 is 0 Å². The molecule has 1 fully saturated rings. The highest BCUT2D eigenvalue weighted by Crippen LogP contribution is 2.36. The third-order valence-corrected chi connectivity index (χ3v) is 3.63. The lowest BCUT2D eigenvalue weighted by atomic mass is 9.89. The van der Waals surface area contributed by atoms with Gasteiger partial charge in [0, 0.05) is 36.1 Å². The lowest BCUT2D eigenvalue weighted by molar-refractivity contribution is 0.354. The van der Waals surface area contributed by atoms with E-state index in [1.165, 1.54) is 6.07 Å². The largest absolute Gasteiger partial charge is 0.493 e. The van der Waals surface area contributed by atoms with Gasteiger partial charge in [-0.2, -0.15) is 0 Å². The van der Waals surface area contributed by atoms with Crippen molar-refractivity contribution in [2.24, 2.45) is 0 Å². The van der Waals surface area contributed by atoms with E-state index in [0.717, 1.165) is 19.4 Å². The monoisotopic (exact) mass is 239 g/mol. The van der Waals surface area contributed by atoms with Crippen molar-refractivity contribution in [2.75, 3.05) is 19.7 Å². The molecule has 3 rings (SSSR count). The van der Waals surface area contributed by atoms with Gasteiger partial charge in [0.1, 0.15) is 17.4 Å². The molecule has 0 radical (unpaired) electrons. The molecule has 0 spiro atoms. The van der Waals surface area contributed by atoms with Crippen LogP contribution in [0.5, 0.6) is 5.75 Å². The zero-order valence-electron chi connectivity index (χ0n) is 9.56. The highest BCUT2D eigenvalue weighted by Gasteiger charge is 2.28. The summed E-state index contributed by atoms with van der Waals surface area (Å²) < 4.78 is 33.4. The minimum Gasteiger partial charge on any atom is -0.493 e. The number of rotatable bonds is 1. The van der Waals surface area contributed by atoms with Gasteiger partial charge in [-0.3, -0.25) is 0 Å². The SMILES string of the molecule is Fc1cc2c(c(F)c1C1CCCNC1)CCO2. The predicted octanol–water partition coefficient (Wildman–Crippen LogP) is 2.37. The van der Waals surface area contributed by atoms with Crippen molar-refractivity contribution in [3.8, 4) is 5.75 Å². The number of fused-ring (bicyclic) bond motifs is 1. The number of hydrogen-bond acceptors (Lipinski definition) is 2. The van der Waals surface area contributed by atoms with Crippen molar-refractivity contribution < 1.29 is 13.5 Å². The maximum Gasteiger partial charge on any atom is 0.136 e. The molecule has 1 N–H and O–H groups in total. The fourth-order valence-electron chi connectivity index (χ4n) is 2.75. The van der Waals surface area contributed by atoms with E-state index in [0.29, 0.717) is 30.9 Å². The molecule has 0 bridgehead atoms. The van der Waals surface area contributed by atoms with Crippen LogP contribution in [0, 0.1) is 11.6 Å². The standard InChI is InChI=1S/C13H15F2NO/c14-10-6-11-9(3-5-17-11)13(15)12(10)8-2-1-4-16-7-8/h6,8,16H,1-5,7H2. The zero-order chi connectivity index (χ0) is 11.8. The highest BCUT2D eigenvalue weighted by molar-refractivity contribution is 5.43. The predicted molar refractivity (Wildman–Crippen MR) is 60.4 cm³/mol. The molecule has 0 aromatic heterocycles. The summed E-state index contributed by atoms with van der Waals surface area (Å²) in [6.45, 7) is 2.05. The van der Waals surface area contributed by atoms with Gasteiger partial charge in [-0.25, -0.2) is 8.78 Å². The molecule has 2 nitrogen and oxygen atoms in total. The van der Waals surface area contributed by atoms with Gasteiger partial charge in [-0.15, -0.1) is 0 Å². The summed E-state index contributed by atoms with van der Waals surface area (Å²) >= 11 is 0. The van der Waals surface area contributed by atoms with E-state index in [1.807, 2.05) is 0 Å². The molecule has 1 aromatic carbocycles. The maximum absolute atomic E-state index is 14.3. The van der Waals surface area contributed by atoms with Crippen LogP contribution in [-0.2, 0) is 6.42 Å². The Morgan fingerprint density at radius 3 is 3.00 bits per heavy atom. The second-order valence-electron chi connectivity index (χ2n) is 4.70. The smallest absolute Gasteiger partial charge is 0.136 e. The first-order chi connectivity index (χ1) is 8.27. The van der Waals surface area contributed by atoms with Gasteiger partial charge in [0.15, 0.2) is 0 Å². The first-order valence-corrected chi connectivity index (χ1v) is 6.11. The molecule has 4 heteroatoms. The second kappa shape index (κ2) is 4.26. The molecule has 0 amide bonds. The second-order valence-corrected chi connectivity index (χ2v) is 4.70. The zero-order valence-corrected chi connectivity index (χ0v) is 9.56. The fourth-order valence-corrected chi connectivity index (χ4v) is 2.75. The Kier molecular flexibility index (Phi) is 2.74. The molecular formula is C13H15F2NO. The number of benzene rings is 1. The Morgan fingerprint density at radius 2 is 2.24 bits per heavy atom. The maximum atomic E-state index is 14.3. The van der Waals surface area contributed by atoms with E-state index < -0.39 is 5.82 Å². The average Bonchev–Trinajstić information content (AvgIpc) is 2.78. The van der Waals surface area contributed by atoms with Crippen LogP contribution in [0.15, 0.2) is 6.07 Å². The summed E-state index contributed by atoms with van der Waals surface area (Å²) in [7, 11) is 0. The molecule has 0 saturated carbocycles. The molecule has 1 aromatic rings. The molecule has 2 aliphatic heterocycles. The summed E-state index contributed by atoms with van der Waals surface area (Å²) in [5.41, 5.74) is 0.799. The lowest BCUT2D eigenvalue weighted by Crippen LogP contribution is -2.29. The molecule has 2 heterocycles. The Labute approximate surface area is 99.0 Å². The number of nitrogens with one attached hydrogen (secondary N) is 1. The summed E-state index contributed by atoms with van der Waals surface area (Å²) in [4.78, 5) is 0. The Morgan fingerprint density at radius 1 is 1.35 bits per heavy atom. The third kappa shape index (κ3) is 1.80. The van der Waals surface area contributed by atoms with Gasteiger partial charge in [0.05, 0.1) is 6.61 Å². The number of halogens is 2. The Hall–Kier alpha value is -1.16. The number of ether oxygens (including phenoxy) is 1. The van der Waals surface area contributed by atoms with E-state index in [4.69, 9.17) is 4.74 Å². The van der Waals surface area contributed by atoms with E-state index in [1.54, 1.807) is 0 Å². The fraction of sp³-hybridized carbons (Fsp3) is 0.538. The van der Waals surface area contributed by atoms with Gasteiger partial charge < -0.3 is 10.1 Å². The molecule has 17 heavy (non-hydrogen) atoms. The molecule has 1 atom stereocenters. The summed E-state index contributed by atoms with van der Waals surface area (Å²) in [5.74, 6) is -0.509. The van der Waals surface area contributed by atoms with Crippen molar-refractivity contribution in [1.29, 1.82) is 0 Å². The van der Waals surface area contributed by atoms with Gasteiger partial charge in [-0.1, -0.05) is 0 Å². The molecule has 0 aliphatic carbocycles. The number of piperidine rings is 1. The topological polar surface area (TPSA) is 21.3 Å². The summed E-state index contributed by atoms with van der Waals surface area (Å²) in [5, 5.41) is 3.19. The van der Waals surface area contributed by atoms with Crippen molar-refractivity contribution in [3.05, 3.63) is 28.8 Å². The van der Waals surface area contributed by atoms with Crippen LogP contribution in [0.25, 0.3) is 0 Å². The van der Waals surface area contributed by atoms with Crippen LogP contribution in [0.4, 0.5) is 8.78 Å². The van der Waals surface area contributed by atoms with Crippen molar-refractivity contribution in [2.45, 2.75) is 25.2 Å². The quantitative estimate of drug-likeness (QED) is 0.812. The van der Waals surface area contributed by atoms with Gasteiger partial charge in [0.25, 0.3) is 0 Å². The molecular weight excluding hydrogens is 224 g/mol. The van der Waals surface area contributed by atoms with Gasteiger partial charge in [0.2, 0.25) is 0 Å². The lowest BCUT2D eigenvalue weighted by Gasteiger charge is -2.24. The summed E-state index contributed by atoms with van der Waals surface area (Å²) in [6.07, 6.45) is 2.37. The molecule has 1 saturated heterocycles. The van der Waals surface area contributed by atoms with Gasteiger partial charge in [-0.05, 0) is 19.4 Å². The van der Waals surface area contributed by atoms with Crippen LogP contribution < -0.4 is 10.1 Å². The average molecular weight is 239 g/mol. The molecule has 2 aliphatic rings. The molecule has 92 valence electrons. The third-order valence-electron chi connectivity index (χ3n) is 3.63. The van der Waals surface area contributed by atoms with Crippen LogP contribution in [0.3, 0.4) is 0 Å². The van der Waals surface area contributed by atoms with E-state index in [-0.39, 0.29) is 17.3 Å². The van der Waals surface area contributed by atoms with Crippen LogP contribution in [0.2, 0.25) is 0 Å². The Bertz CT molecular complexity index is 442. The van der Waals surface area contributed by atoms with E-state index in [2.05, 4.69) is 5.32 Å². The van der Waals surface area contributed by atoms with Crippen LogP contribution in [-0.4, -0.2) is 19.7 Å². The summed E-state index contributed by atoms with van der Waals surface area (Å²) in [6, 6.07) is 1.34. The van der Waals surface area contributed by atoms with Crippen molar-refractivity contribution >= 4 is 0 Å². The van der Waals surface area contributed by atoms with Crippen LogP contribution >= 0.6 is 0 Å². The van der Waals surface area contributed by atoms with E-state index in [9.17, 15) is 8.78 Å². The first-order valence-electron chi connectivity index (χ1n) is 6.11. The Balaban J connectivity index is 2.03. The normalized spacial score (nSPS) is 23.3. The number of hydrogen-bond donors (Lipinski definition) is 1. The molecule has 1 unspecified atom stereocenters. The van der Waals surface area contributed by atoms with Crippen LogP contribution in [0.1, 0.15) is 29.9 Å².